The second-order valence-electron chi connectivity index (χ2n) is 5.70. The molecule has 0 radical (unpaired) electrons. The highest BCUT2D eigenvalue weighted by atomic mass is 16.5. The monoisotopic (exact) mass is 351 g/mol. The zero-order valence-electron chi connectivity index (χ0n) is 15.0. The topological polar surface area (TPSA) is 81.2 Å². The molecule has 7 nitrogen and oxygen atoms in total. The third kappa shape index (κ3) is 4.38. The summed E-state index contributed by atoms with van der Waals surface area (Å²) in [4.78, 5) is 4.43. The van der Waals surface area contributed by atoms with E-state index in [1.54, 1.807) is 20.4 Å². The summed E-state index contributed by atoms with van der Waals surface area (Å²) >= 11 is 0. The van der Waals surface area contributed by atoms with Gasteiger partial charge in [0.15, 0.2) is 17.3 Å². The second-order valence-corrected chi connectivity index (χ2v) is 5.70. The lowest BCUT2D eigenvalue weighted by molar-refractivity contribution is 0.355. The molecule has 134 valence electrons. The van der Waals surface area contributed by atoms with E-state index in [2.05, 4.69) is 57.0 Å². The summed E-state index contributed by atoms with van der Waals surface area (Å²) in [7, 11) is 3.20. The molecule has 1 aromatic heterocycles. The summed E-state index contributed by atoms with van der Waals surface area (Å²) in [5.74, 6) is 2.34. The summed E-state index contributed by atoms with van der Waals surface area (Å²) in [6.07, 6.45) is 1.56. The Kier molecular flexibility index (Phi) is 5.48. The number of nitrogens with one attached hydrogen (secondary N) is 2. The van der Waals surface area contributed by atoms with E-state index in [9.17, 15) is 0 Å². The molecule has 0 aliphatic heterocycles. The van der Waals surface area contributed by atoms with E-state index in [-0.39, 0.29) is 0 Å². The summed E-state index contributed by atoms with van der Waals surface area (Å²) < 4.78 is 10.5. The first-order valence-corrected chi connectivity index (χ1v) is 8.16. The van der Waals surface area contributed by atoms with Crippen molar-refractivity contribution in [3.8, 4) is 11.5 Å². The molecule has 7 heteroatoms. The number of anilines is 3. The molecule has 0 unspecified atom stereocenters. The molecule has 0 spiro atoms. The van der Waals surface area contributed by atoms with Gasteiger partial charge in [0.05, 0.1) is 20.4 Å². The van der Waals surface area contributed by atoms with E-state index in [1.807, 2.05) is 18.2 Å². The van der Waals surface area contributed by atoms with Gasteiger partial charge in [-0.1, -0.05) is 29.8 Å². The van der Waals surface area contributed by atoms with E-state index in [1.165, 1.54) is 5.56 Å². The first kappa shape index (κ1) is 17.5. The molecular weight excluding hydrogens is 330 g/mol. The third-order valence-electron chi connectivity index (χ3n) is 3.79. The maximum absolute atomic E-state index is 5.31. The van der Waals surface area contributed by atoms with E-state index in [0.717, 1.165) is 11.3 Å². The first-order valence-electron chi connectivity index (χ1n) is 8.16. The number of nitrogens with zero attached hydrogens (tertiary/aromatic N) is 3. The van der Waals surface area contributed by atoms with Gasteiger partial charge in [0, 0.05) is 18.3 Å². The van der Waals surface area contributed by atoms with Gasteiger partial charge in [-0.3, -0.25) is 0 Å². The number of benzene rings is 2. The van der Waals surface area contributed by atoms with Crippen LogP contribution in [0.25, 0.3) is 0 Å². The molecule has 2 N–H and O–H groups in total. The number of hydrogen-bond donors (Lipinski definition) is 2. The van der Waals surface area contributed by atoms with Crippen molar-refractivity contribution in [2.24, 2.45) is 0 Å². The van der Waals surface area contributed by atoms with Crippen LogP contribution >= 0.6 is 0 Å². The Morgan fingerprint density at radius 3 is 2.46 bits per heavy atom. The molecule has 1 heterocycles. The molecular formula is C19H21N5O2. The van der Waals surface area contributed by atoms with Gasteiger partial charge in [-0.2, -0.15) is 10.1 Å². The van der Waals surface area contributed by atoms with Crippen LogP contribution in [0.1, 0.15) is 11.1 Å². The second kappa shape index (κ2) is 8.15. The van der Waals surface area contributed by atoms with Crippen LogP contribution < -0.4 is 20.1 Å². The van der Waals surface area contributed by atoms with Crippen molar-refractivity contribution in [2.45, 2.75) is 13.5 Å². The quantitative estimate of drug-likeness (QED) is 0.673. The van der Waals surface area contributed by atoms with Gasteiger partial charge in [0.1, 0.15) is 0 Å². The number of ether oxygens (including phenoxy) is 2. The molecule has 0 bridgehead atoms. The Morgan fingerprint density at radius 1 is 0.962 bits per heavy atom. The van der Waals surface area contributed by atoms with Gasteiger partial charge in [-0.15, -0.1) is 5.10 Å². The van der Waals surface area contributed by atoms with Crippen molar-refractivity contribution in [3.63, 3.8) is 0 Å². The first-order chi connectivity index (χ1) is 12.7. The van der Waals surface area contributed by atoms with Crippen LogP contribution in [0, 0.1) is 6.92 Å². The average molecular weight is 351 g/mol. The molecule has 0 fully saturated rings. The summed E-state index contributed by atoms with van der Waals surface area (Å²) in [5, 5.41) is 14.4. The lowest BCUT2D eigenvalue weighted by Crippen LogP contribution is -2.06. The van der Waals surface area contributed by atoms with Gasteiger partial charge in [0.2, 0.25) is 5.95 Å². The molecule has 3 rings (SSSR count). The fourth-order valence-electron chi connectivity index (χ4n) is 2.39. The normalized spacial score (nSPS) is 10.3. The summed E-state index contributed by atoms with van der Waals surface area (Å²) in [5.41, 5.74) is 3.19. The lowest BCUT2D eigenvalue weighted by atomic mass is 10.1. The standard InChI is InChI=1S/C19H21N5O2/c1-13-4-6-14(7-5-13)11-20-19-23-18(12-21-24-19)22-15-8-9-16(25-2)17(10-15)26-3/h4-10,12H,11H2,1-3H3,(H2,20,22,23,24). The number of hydrogen-bond acceptors (Lipinski definition) is 7. The molecule has 26 heavy (non-hydrogen) atoms. The Hall–Kier alpha value is -3.35. The van der Waals surface area contributed by atoms with Gasteiger partial charge in [-0.05, 0) is 24.6 Å². The van der Waals surface area contributed by atoms with Crippen LogP contribution in [-0.2, 0) is 6.54 Å². The Morgan fingerprint density at radius 2 is 1.73 bits per heavy atom. The van der Waals surface area contributed by atoms with E-state index >= 15 is 0 Å². The van der Waals surface area contributed by atoms with Crippen LogP contribution in [0.15, 0.2) is 48.7 Å². The van der Waals surface area contributed by atoms with Crippen molar-refractivity contribution < 1.29 is 9.47 Å². The smallest absolute Gasteiger partial charge is 0.244 e. The van der Waals surface area contributed by atoms with Crippen molar-refractivity contribution in [1.82, 2.24) is 15.2 Å². The molecule has 0 aliphatic carbocycles. The van der Waals surface area contributed by atoms with E-state index in [0.29, 0.717) is 29.8 Å². The highest BCUT2D eigenvalue weighted by molar-refractivity contribution is 5.61. The van der Waals surface area contributed by atoms with Gasteiger partial charge >= 0.3 is 0 Å². The molecule has 0 aliphatic rings. The summed E-state index contributed by atoms with van der Waals surface area (Å²) in [6, 6.07) is 13.8. The van der Waals surface area contributed by atoms with E-state index < -0.39 is 0 Å². The van der Waals surface area contributed by atoms with Crippen LogP contribution in [-0.4, -0.2) is 29.4 Å². The summed E-state index contributed by atoms with van der Waals surface area (Å²) in [6.45, 7) is 2.69. The largest absolute Gasteiger partial charge is 0.493 e. The highest BCUT2D eigenvalue weighted by Crippen LogP contribution is 2.30. The number of aryl methyl sites for hydroxylation is 1. The van der Waals surface area contributed by atoms with Crippen LogP contribution in [0.3, 0.4) is 0 Å². The number of aromatic nitrogens is 3. The van der Waals surface area contributed by atoms with Crippen LogP contribution in [0.2, 0.25) is 0 Å². The van der Waals surface area contributed by atoms with Crippen molar-refractivity contribution in [3.05, 3.63) is 59.8 Å². The minimum absolute atomic E-state index is 0.455. The SMILES string of the molecule is COc1ccc(Nc2cnnc(NCc3ccc(C)cc3)n2)cc1OC. The van der Waals surface area contributed by atoms with Crippen molar-refractivity contribution in [1.29, 1.82) is 0 Å². The van der Waals surface area contributed by atoms with Crippen LogP contribution in [0.4, 0.5) is 17.5 Å². The van der Waals surface area contributed by atoms with E-state index in [4.69, 9.17) is 9.47 Å². The molecule has 3 aromatic rings. The number of rotatable bonds is 7. The van der Waals surface area contributed by atoms with Gasteiger partial charge in [-0.25, -0.2) is 0 Å². The average Bonchev–Trinajstić information content (AvgIpc) is 2.68. The zero-order valence-corrected chi connectivity index (χ0v) is 15.0. The molecule has 2 aromatic carbocycles. The minimum Gasteiger partial charge on any atom is -0.493 e. The Balaban J connectivity index is 1.68. The Bertz CT molecular complexity index is 868. The fourth-order valence-corrected chi connectivity index (χ4v) is 2.39. The molecule has 0 saturated heterocycles. The van der Waals surface area contributed by atoms with Crippen LogP contribution in [0.5, 0.6) is 11.5 Å². The molecule has 0 amide bonds. The maximum atomic E-state index is 5.31. The maximum Gasteiger partial charge on any atom is 0.244 e. The van der Waals surface area contributed by atoms with Crippen molar-refractivity contribution >= 4 is 17.5 Å². The highest BCUT2D eigenvalue weighted by Gasteiger charge is 2.06. The van der Waals surface area contributed by atoms with Gasteiger partial charge < -0.3 is 20.1 Å². The van der Waals surface area contributed by atoms with Gasteiger partial charge in [0.25, 0.3) is 0 Å². The lowest BCUT2D eigenvalue weighted by Gasteiger charge is -2.11. The molecule has 0 saturated carbocycles. The molecule has 0 atom stereocenters. The van der Waals surface area contributed by atoms with Crippen molar-refractivity contribution in [2.75, 3.05) is 24.9 Å². The predicted octanol–water partition coefficient (Wildman–Crippen LogP) is 3.55. The fraction of sp³-hybridized carbons (Fsp3) is 0.211. The number of methoxy groups -OCH3 is 2. The zero-order chi connectivity index (χ0) is 18.4. The minimum atomic E-state index is 0.455. The predicted molar refractivity (Wildman–Crippen MR) is 101 cm³/mol. The third-order valence-corrected chi connectivity index (χ3v) is 3.79. The Labute approximate surface area is 152 Å².